The molecule has 0 aromatic carbocycles. The van der Waals surface area contributed by atoms with E-state index < -0.39 is 0 Å². The Morgan fingerprint density at radius 2 is 2.00 bits per heavy atom. The molecule has 5 heteroatoms. The average Bonchev–Trinajstić information content (AvgIpc) is 2.49. The van der Waals surface area contributed by atoms with Gasteiger partial charge in [-0.25, -0.2) is 0 Å². The van der Waals surface area contributed by atoms with Crippen LogP contribution < -0.4 is 10.2 Å². The van der Waals surface area contributed by atoms with Crippen LogP contribution in [0.25, 0.3) is 0 Å². The van der Waals surface area contributed by atoms with E-state index in [-0.39, 0.29) is 12.4 Å². The van der Waals surface area contributed by atoms with Gasteiger partial charge >= 0.3 is 0 Å². The minimum atomic E-state index is 0. The van der Waals surface area contributed by atoms with Crippen LogP contribution in [0, 0.1) is 6.92 Å². The maximum absolute atomic E-state index is 4.25. The highest BCUT2D eigenvalue weighted by Crippen LogP contribution is 2.18. The van der Waals surface area contributed by atoms with E-state index >= 15 is 0 Å². The van der Waals surface area contributed by atoms with Gasteiger partial charge in [0.1, 0.15) is 0 Å². The van der Waals surface area contributed by atoms with Gasteiger partial charge in [-0.15, -0.1) is 12.4 Å². The zero-order valence-corrected chi connectivity index (χ0v) is 9.47. The Hall–Kier alpha value is -0.740. The maximum Gasteiger partial charge on any atom is 0.0783 e. The predicted molar refractivity (Wildman–Crippen MR) is 60.3 cm³/mol. The summed E-state index contributed by atoms with van der Waals surface area (Å²) in [6.07, 6.45) is 1.96. The topological polar surface area (TPSA) is 33.1 Å². The van der Waals surface area contributed by atoms with Crippen LogP contribution in [0.5, 0.6) is 0 Å². The van der Waals surface area contributed by atoms with Crippen molar-refractivity contribution in [1.29, 1.82) is 0 Å². The summed E-state index contributed by atoms with van der Waals surface area (Å²) in [6, 6.07) is 0. The minimum Gasteiger partial charge on any atom is -0.366 e. The number of aromatic nitrogens is 2. The number of rotatable bonds is 1. The van der Waals surface area contributed by atoms with Crippen LogP contribution in [-0.4, -0.2) is 36.0 Å². The molecule has 1 aliphatic rings. The lowest BCUT2D eigenvalue weighted by molar-refractivity contribution is 0.588. The highest BCUT2D eigenvalue weighted by Gasteiger charge is 2.14. The number of piperazine rings is 1. The Labute approximate surface area is 90.7 Å². The highest BCUT2D eigenvalue weighted by molar-refractivity contribution is 5.85. The summed E-state index contributed by atoms with van der Waals surface area (Å²) < 4.78 is 1.93. The quantitative estimate of drug-likeness (QED) is 0.745. The van der Waals surface area contributed by atoms with E-state index in [2.05, 4.69) is 22.2 Å². The molecule has 1 aliphatic heterocycles. The second-order valence-corrected chi connectivity index (χ2v) is 3.48. The van der Waals surface area contributed by atoms with Crippen LogP contribution in [0.1, 0.15) is 5.69 Å². The van der Waals surface area contributed by atoms with Crippen molar-refractivity contribution in [3.8, 4) is 0 Å². The van der Waals surface area contributed by atoms with Gasteiger partial charge in [0.25, 0.3) is 0 Å². The summed E-state index contributed by atoms with van der Waals surface area (Å²) in [5.74, 6) is 0. The fraction of sp³-hybridized carbons (Fsp3) is 0.667. The predicted octanol–water partition coefficient (Wildman–Crippen LogP) is 0.560. The lowest BCUT2D eigenvalue weighted by Gasteiger charge is -2.28. The SMILES string of the molecule is Cc1c(N2CCNCC2)cnn1C.Cl. The first-order chi connectivity index (χ1) is 6.29. The molecule has 14 heavy (non-hydrogen) atoms. The molecule has 0 aliphatic carbocycles. The van der Waals surface area contributed by atoms with Gasteiger partial charge in [0.2, 0.25) is 0 Å². The molecule has 4 nitrogen and oxygen atoms in total. The first kappa shape index (κ1) is 11.3. The molecule has 80 valence electrons. The normalized spacial score (nSPS) is 16.6. The molecule has 1 aromatic rings. The first-order valence-electron chi connectivity index (χ1n) is 4.73. The second kappa shape index (κ2) is 4.66. The number of nitrogens with one attached hydrogen (secondary N) is 1. The smallest absolute Gasteiger partial charge is 0.0783 e. The zero-order chi connectivity index (χ0) is 9.26. The largest absolute Gasteiger partial charge is 0.366 e. The van der Waals surface area contributed by atoms with Crippen LogP contribution in [0.4, 0.5) is 5.69 Å². The summed E-state index contributed by atoms with van der Waals surface area (Å²) >= 11 is 0. The molecule has 1 aromatic heterocycles. The molecule has 0 spiro atoms. The Balaban J connectivity index is 0.000000980. The summed E-state index contributed by atoms with van der Waals surface area (Å²) in [5.41, 5.74) is 2.53. The van der Waals surface area contributed by atoms with Gasteiger partial charge < -0.3 is 10.2 Å². The van der Waals surface area contributed by atoms with Gasteiger partial charge in [-0.2, -0.15) is 5.10 Å². The molecule has 2 rings (SSSR count). The molecule has 1 N–H and O–H groups in total. The third kappa shape index (κ3) is 2.01. The fourth-order valence-corrected chi connectivity index (χ4v) is 1.70. The number of hydrogen-bond acceptors (Lipinski definition) is 3. The van der Waals surface area contributed by atoms with E-state index in [9.17, 15) is 0 Å². The van der Waals surface area contributed by atoms with Crippen molar-refractivity contribution in [1.82, 2.24) is 15.1 Å². The number of hydrogen-bond donors (Lipinski definition) is 1. The van der Waals surface area contributed by atoms with Crippen LogP contribution >= 0.6 is 12.4 Å². The maximum atomic E-state index is 4.25. The molecule has 0 amide bonds. The fourth-order valence-electron chi connectivity index (χ4n) is 1.70. The van der Waals surface area contributed by atoms with Gasteiger partial charge in [0.05, 0.1) is 17.6 Å². The minimum absolute atomic E-state index is 0. The molecular formula is C9H17ClN4. The molecule has 0 atom stereocenters. The lowest BCUT2D eigenvalue weighted by Crippen LogP contribution is -2.43. The van der Waals surface area contributed by atoms with Gasteiger partial charge in [-0.3, -0.25) is 4.68 Å². The summed E-state index contributed by atoms with van der Waals surface area (Å²) in [6.45, 7) is 6.45. The van der Waals surface area contributed by atoms with E-state index in [1.54, 1.807) is 0 Å². The van der Waals surface area contributed by atoms with E-state index in [4.69, 9.17) is 0 Å². The Kier molecular flexibility index (Phi) is 3.77. The third-order valence-corrected chi connectivity index (χ3v) is 2.67. The van der Waals surface area contributed by atoms with Crippen molar-refractivity contribution < 1.29 is 0 Å². The molecule has 0 unspecified atom stereocenters. The van der Waals surface area contributed by atoms with Crippen LogP contribution in [0.15, 0.2) is 6.20 Å². The van der Waals surface area contributed by atoms with E-state index in [1.165, 1.54) is 11.4 Å². The number of halogens is 1. The van der Waals surface area contributed by atoms with E-state index in [0.717, 1.165) is 26.2 Å². The molecule has 0 saturated carbocycles. The van der Waals surface area contributed by atoms with E-state index in [1.807, 2.05) is 17.9 Å². The Morgan fingerprint density at radius 1 is 1.36 bits per heavy atom. The number of nitrogens with zero attached hydrogens (tertiary/aromatic N) is 3. The average molecular weight is 217 g/mol. The van der Waals surface area contributed by atoms with Crippen molar-refractivity contribution in [2.24, 2.45) is 7.05 Å². The number of anilines is 1. The summed E-state index contributed by atoms with van der Waals surface area (Å²) in [4.78, 5) is 2.39. The molecule has 1 saturated heterocycles. The van der Waals surface area contributed by atoms with Crippen LogP contribution in [0.3, 0.4) is 0 Å². The monoisotopic (exact) mass is 216 g/mol. The standard InChI is InChI=1S/C9H16N4.ClH/c1-8-9(7-11-12(8)2)13-5-3-10-4-6-13;/h7,10H,3-6H2,1-2H3;1H. The Morgan fingerprint density at radius 3 is 2.50 bits per heavy atom. The van der Waals surface area contributed by atoms with Crippen molar-refractivity contribution >= 4 is 18.1 Å². The van der Waals surface area contributed by atoms with Crippen molar-refractivity contribution in [2.45, 2.75) is 6.92 Å². The van der Waals surface area contributed by atoms with Crippen molar-refractivity contribution in [3.63, 3.8) is 0 Å². The van der Waals surface area contributed by atoms with Crippen LogP contribution in [0.2, 0.25) is 0 Å². The summed E-state index contributed by atoms with van der Waals surface area (Å²) in [5, 5.41) is 7.59. The molecular weight excluding hydrogens is 200 g/mol. The highest BCUT2D eigenvalue weighted by atomic mass is 35.5. The second-order valence-electron chi connectivity index (χ2n) is 3.48. The lowest BCUT2D eigenvalue weighted by atomic mass is 10.3. The summed E-state index contributed by atoms with van der Waals surface area (Å²) in [7, 11) is 1.99. The van der Waals surface area contributed by atoms with Crippen molar-refractivity contribution in [3.05, 3.63) is 11.9 Å². The van der Waals surface area contributed by atoms with Gasteiger partial charge in [0.15, 0.2) is 0 Å². The van der Waals surface area contributed by atoms with E-state index in [0.29, 0.717) is 0 Å². The zero-order valence-electron chi connectivity index (χ0n) is 8.66. The van der Waals surface area contributed by atoms with Gasteiger partial charge in [-0.05, 0) is 6.92 Å². The molecule has 2 heterocycles. The molecule has 1 fully saturated rings. The van der Waals surface area contributed by atoms with Crippen LogP contribution in [-0.2, 0) is 7.05 Å². The first-order valence-corrected chi connectivity index (χ1v) is 4.73. The molecule has 0 radical (unpaired) electrons. The van der Waals surface area contributed by atoms with Gasteiger partial charge in [0, 0.05) is 33.2 Å². The Bertz CT molecular complexity index is 291. The van der Waals surface area contributed by atoms with Gasteiger partial charge in [-0.1, -0.05) is 0 Å². The number of aryl methyl sites for hydroxylation is 1. The van der Waals surface area contributed by atoms with Crippen molar-refractivity contribution in [2.75, 3.05) is 31.1 Å². The third-order valence-electron chi connectivity index (χ3n) is 2.67. The molecule has 0 bridgehead atoms.